The van der Waals surface area contributed by atoms with Crippen molar-refractivity contribution in [2.24, 2.45) is 11.3 Å². The number of nitrogens with one attached hydrogen (secondary N) is 1. The summed E-state index contributed by atoms with van der Waals surface area (Å²) in [5.74, 6) is 1.29. The fourth-order valence-corrected chi connectivity index (χ4v) is 3.72. The Balaban J connectivity index is 2.23. The van der Waals surface area contributed by atoms with Crippen molar-refractivity contribution < 1.29 is 9.66 Å². The zero-order valence-electron chi connectivity index (χ0n) is 13.9. The van der Waals surface area contributed by atoms with Gasteiger partial charge in [-0.3, -0.25) is 10.1 Å². The summed E-state index contributed by atoms with van der Waals surface area (Å²) in [6.07, 6.45) is 3.26. The van der Waals surface area contributed by atoms with Crippen molar-refractivity contribution in [2.75, 3.05) is 11.9 Å². The molecule has 22 heavy (non-hydrogen) atoms. The monoisotopic (exact) mass is 306 g/mol. The van der Waals surface area contributed by atoms with Gasteiger partial charge in [0.25, 0.3) is 5.69 Å². The zero-order chi connectivity index (χ0) is 16.3. The highest BCUT2D eigenvalue weighted by atomic mass is 16.6. The molecule has 1 fully saturated rings. The Morgan fingerprint density at radius 2 is 2.14 bits per heavy atom. The van der Waals surface area contributed by atoms with E-state index in [1.807, 2.05) is 6.92 Å². The van der Waals surface area contributed by atoms with Gasteiger partial charge in [0.15, 0.2) is 0 Å². The maximum Gasteiger partial charge on any atom is 0.292 e. The topological polar surface area (TPSA) is 64.4 Å². The Labute approximate surface area is 132 Å². The van der Waals surface area contributed by atoms with E-state index in [0.29, 0.717) is 24.0 Å². The van der Waals surface area contributed by atoms with Crippen molar-refractivity contribution in [1.82, 2.24) is 0 Å². The Morgan fingerprint density at radius 1 is 1.41 bits per heavy atom. The van der Waals surface area contributed by atoms with Gasteiger partial charge in [-0.15, -0.1) is 0 Å². The smallest absolute Gasteiger partial charge is 0.292 e. The van der Waals surface area contributed by atoms with E-state index in [1.54, 1.807) is 12.1 Å². The molecule has 5 heteroatoms. The van der Waals surface area contributed by atoms with Gasteiger partial charge in [0, 0.05) is 18.2 Å². The molecular formula is C17H26N2O3. The lowest BCUT2D eigenvalue weighted by Gasteiger charge is -2.39. The van der Waals surface area contributed by atoms with Crippen LogP contribution < -0.4 is 10.1 Å². The van der Waals surface area contributed by atoms with Crippen LogP contribution >= 0.6 is 0 Å². The van der Waals surface area contributed by atoms with Gasteiger partial charge >= 0.3 is 0 Å². The molecule has 0 aromatic heterocycles. The summed E-state index contributed by atoms with van der Waals surface area (Å²) in [4.78, 5) is 10.9. The highest BCUT2D eigenvalue weighted by Crippen LogP contribution is 2.40. The Morgan fingerprint density at radius 3 is 2.73 bits per heavy atom. The van der Waals surface area contributed by atoms with E-state index in [-0.39, 0.29) is 22.1 Å². The summed E-state index contributed by atoms with van der Waals surface area (Å²) in [5.41, 5.74) is 0.937. The minimum atomic E-state index is -0.338. The van der Waals surface area contributed by atoms with Crippen molar-refractivity contribution >= 4 is 11.4 Å². The average Bonchev–Trinajstić information content (AvgIpc) is 2.36. The molecule has 1 saturated carbocycles. The van der Waals surface area contributed by atoms with Gasteiger partial charge in [0.05, 0.1) is 11.5 Å². The van der Waals surface area contributed by atoms with Crippen molar-refractivity contribution in [3.05, 3.63) is 28.3 Å². The predicted octanol–water partition coefficient (Wildman–Crippen LogP) is 4.62. The summed E-state index contributed by atoms with van der Waals surface area (Å²) >= 11 is 0. The van der Waals surface area contributed by atoms with Gasteiger partial charge in [-0.25, -0.2) is 0 Å². The normalized spacial score (nSPS) is 23.8. The lowest BCUT2D eigenvalue weighted by molar-refractivity contribution is -0.384. The first kappa shape index (κ1) is 16.6. The van der Waals surface area contributed by atoms with Gasteiger partial charge < -0.3 is 10.1 Å². The van der Waals surface area contributed by atoms with Crippen molar-refractivity contribution in [1.29, 1.82) is 0 Å². The van der Waals surface area contributed by atoms with Crippen LogP contribution in [0.1, 0.15) is 47.0 Å². The molecular weight excluding hydrogens is 280 g/mol. The predicted molar refractivity (Wildman–Crippen MR) is 88.5 cm³/mol. The molecule has 0 saturated heterocycles. The summed E-state index contributed by atoms with van der Waals surface area (Å²) in [6.45, 7) is 9.23. The van der Waals surface area contributed by atoms with E-state index in [1.165, 1.54) is 12.5 Å². The number of benzene rings is 1. The molecule has 1 aliphatic carbocycles. The zero-order valence-corrected chi connectivity index (χ0v) is 13.9. The lowest BCUT2D eigenvalue weighted by Crippen LogP contribution is -2.35. The highest BCUT2D eigenvalue weighted by Gasteiger charge is 2.32. The third kappa shape index (κ3) is 4.12. The molecule has 0 amide bonds. The quantitative estimate of drug-likeness (QED) is 0.637. The first-order valence-corrected chi connectivity index (χ1v) is 7.98. The molecule has 0 aliphatic heterocycles. The third-order valence-corrected chi connectivity index (χ3v) is 4.22. The molecule has 2 rings (SSSR count). The van der Waals surface area contributed by atoms with Gasteiger partial charge in [0.1, 0.15) is 11.4 Å². The highest BCUT2D eigenvalue weighted by molar-refractivity contribution is 5.64. The van der Waals surface area contributed by atoms with Crippen molar-refractivity contribution in [3.8, 4) is 5.75 Å². The molecule has 1 aliphatic rings. The SMILES string of the molecule is CCOc1ccc([N+](=O)[O-])c(N[C@@H]2C[C@H](C)CC(C)(C)C2)c1. The number of nitro benzene ring substituents is 1. The van der Waals surface area contributed by atoms with Gasteiger partial charge in [-0.2, -0.15) is 0 Å². The summed E-state index contributed by atoms with van der Waals surface area (Å²) in [7, 11) is 0. The number of nitro groups is 1. The minimum absolute atomic E-state index is 0.111. The van der Waals surface area contributed by atoms with Crippen LogP contribution in [0.3, 0.4) is 0 Å². The second-order valence-corrected chi connectivity index (χ2v) is 7.12. The molecule has 122 valence electrons. The van der Waals surface area contributed by atoms with E-state index in [4.69, 9.17) is 4.74 Å². The van der Waals surface area contributed by atoms with Crippen LogP contribution in [0.15, 0.2) is 18.2 Å². The molecule has 0 unspecified atom stereocenters. The maximum atomic E-state index is 11.2. The molecule has 1 N–H and O–H groups in total. The molecule has 0 radical (unpaired) electrons. The molecule has 0 bridgehead atoms. The standard InChI is InChI=1S/C17H26N2O3/c1-5-22-14-6-7-16(19(20)21)15(9-14)18-13-8-12(2)10-17(3,4)11-13/h6-7,9,12-13,18H,5,8,10-11H2,1-4H3/t12-,13+/m0/s1. The first-order chi connectivity index (χ1) is 10.3. The first-order valence-electron chi connectivity index (χ1n) is 7.98. The Kier molecular flexibility index (Phi) is 4.94. The van der Waals surface area contributed by atoms with Crippen LogP contribution in [0.25, 0.3) is 0 Å². The van der Waals surface area contributed by atoms with Crippen LogP contribution in [0, 0.1) is 21.4 Å². The van der Waals surface area contributed by atoms with E-state index in [0.717, 1.165) is 12.8 Å². The minimum Gasteiger partial charge on any atom is -0.494 e. The molecule has 1 aromatic rings. The fraction of sp³-hybridized carbons (Fsp3) is 0.647. The molecule has 2 atom stereocenters. The lowest BCUT2D eigenvalue weighted by atomic mass is 9.70. The number of ether oxygens (including phenoxy) is 1. The molecule has 0 heterocycles. The van der Waals surface area contributed by atoms with Crippen LogP contribution in [-0.4, -0.2) is 17.6 Å². The summed E-state index contributed by atoms with van der Waals surface area (Å²) in [5, 5.41) is 14.6. The van der Waals surface area contributed by atoms with E-state index < -0.39 is 0 Å². The maximum absolute atomic E-state index is 11.2. The number of nitrogens with zero attached hydrogens (tertiary/aromatic N) is 1. The fourth-order valence-electron chi connectivity index (χ4n) is 3.72. The van der Waals surface area contributed by atoms with E-state index >= 15 is 0 Å². The summed E-state index contributed by atoms with van der Waals surface area (Å²) in [6, 6.07) is 5.17. The Bertz CT molecular complexity index is 543. The van der Waals surface area contributed by atoms with Gasteiger partial charge in [-0.1, -0.05) is 20.8 Å². The third-order valence-electron chi connectivity index (χ3n) is 4.22. The molecule has 0 spiro atoms. The van der Waals surface area contributed by atoms with Gasteiger partial charge in [0.2, 0.25) is 0 Å². The largest absolute Gasteiger partial charge is 0.494 e. The van der Waals surface area contributed by atoms with Crippen LogP contribution in [-0.2, 0) is 0 Å². The van der Waals surface area contributed by atoms with E-state index in [9.17, 15) is 10.1 Å². The van der Waals surface area contributed by atoms with Crippen LogP contribution in [0.4, 0.5) is 11.4 Å². The molecule has 5 nitrogen and oxygen atoms in total. The van der Waals surface area contributed by atoms with Crippen molar-refractivity contribution in [3.63, 3.8) is 0 Å². The average molecular weight is 306 g/mol. The number of anilines is 1. The van der Waals surface area contributed by atoms with E-state index in [2.05, 4.69) is 26.1 Å². The number of hydrogen-bond acceptors (Lipinski definition) is 4. The summed E-state index contributed by atoms with van der Waals surface area (Å²) < 4.78 is 5.47. The van der Waals surface area contributed by atoms with Crippen molar-refractivity contribution in [2.45, 2.75) is 53.0 Å². The number of rotatable bonds is 5. The molecule has 1 aromatic carbocycles. The second kappa shape index (κ2) is 6.55. The van der Waals surface area contributed by atoms with Gasteiger partial charge in [-0.05, 0) is 43.6 Å². The second-order valence-electron chi connectivity index (χ2n) is 7.12. The Hall–Kier alpha value is -1.78. The number of hydrogen-bond donors (Lipinski definition) is 1. The van der Waals surface area contributed by atoms with Crippen LogP contribution in [0.2, 0.25) is 0 Å². The van der Waals surface area contributed by atoms with Crippen LogP contribution in [0.5, 0.6) is 5.75 Å².